The molecule has 0 bridgehead atoms. The van der Waals surface area contributed by atoms with Crippen LogP contribution >= 0.6 is 11.6 Å². The molecular formula is C16H23ClN2O3. The molecule has 0 amide bonds. The summed E-state index contributed by atoms with van der Waals surface area (Å²) < 4.78 is 16.2. The summed E-state index contributed by atoms with van der Waals surface area (Å²) in [5.74, 6) is 1.52. The fourth-order valence-electron chi connectivity index (χ4n) is 3.02. The van der Waals surface area contributed by atoms with Gasteiger partial charge in [0.05, 0.1) is 13.2 Å². The number of morpholine rings is 1. The van der Waals surface area contributed by atoms with Gasteiger partial charge in [0, 0.05) is 43.3 Å². The van der Waals surface area contributed by atoms with Gasteiger partial charge in [0.1, 0.15) is 0 Å². The Bertz CT molecular complexity index is 520. The van der Waals surface area contributed by atoms with Crippen LogP contribution in [0.2, 0.25) is 5.02 Å². The van der Waals surface area contributed by atoms with Gasteiger partial charge in [-0.05, 0) is 25.6 Å². The van der Waals surface area contributed by atoms with Gasteiger partial charge < -0.3 is 19.1 Å². The molecule has 0 N–H and O–H groups in total. The van der Waals surface area contributed by atoms with Gasteiger partial charge in [0.15, 0.2) is 11.5 Å². The zero-order valence-electron chi connectivity index (χ0n) is 13.2. The van der Waals surface area contributed by atoms with Gasteiger partial charge in [0.25, 0.3) is 0 Å². The third-order valence-electron chi connectivity index (χ3n) is 4.23. The van der Waals surface area contributed by atoms with Crippen LogP contribution in [0, 0.1) is 0 Å². The first-order valence-corrected chi connectivity index (χ1v) is 8.09. The van der Waals surface area contributed by atoms with E-state index in [1.54, 1.807) is 0 Å². The first-order chi connectivity index (χ1) is 10.6. The van der Waals surface area contributed by atoms with Gasteiger partial charge in [-0.2, -0.15) is 0 Å². The molecule has 1 fully saturated rings. The van der Waals surface area contributed by atoms with E-state index < -0.39 is 0 Å². The maximum absolute atomic E-state index is 6.35. The molecule has 0 aromatic heterocycles. The van der Waals surface area contributed by atoms with E-state index in [4.69, 9.17) is 25.8 Å². The van der Waals surface area contributed by atoms with Crippen molar-refractivity contribution in [1.29, 1.82) is 0 Å². The van der Waals surface area contributed by atoms with Crippen molar-refractivity contribution >= 4 is 11.6 Å². The normalized spacial score (nSPS) is 19.6. The second-order valence-corrected chi connectivity index (χ2v) is 6.40. The number of halogens is 1. The Morgan fingerprint density at radius 1 is 1.23 bits per heavy atom. The lowest BCUT2D eigenvalue weighted by molar-refractivity contribution is 0.0137. The molecule has 0 aliphatic carbocycles. The molecule has 1 unspecified atom stereocenters. The number of ether oxygens (including phenoxy) is 3. The molecule has 1 atom stereocenters. The molecule has 6 heteroatoms. The van der Waals surface area contributed by atoms with E-state index in [9.17, 15) is 0 Å². The van der Waals surface area contributed by atoms with Gasteiger partial charge in [-0.25, -0.2) is 0 Å². The van der Waals surface area contributed by atoms with Crippen molar-refractivity contribution in [3.05, 3.63) is 22.7 Å². The summed E-state index contributed by atoms with van der Waals surface area (Å²) >= 11 is 6.35. The predicted molar refractivity (Wildman–Crippen MR) is 85.8 cm³/mol. The number of hydrogen-bond donors (Lipinski definition) is 0. The van der Waals surface area contributed by atoms with Crippen LogP contribution in [0.15, 0.2) is 12.1 Å². The minimum atomic E-state index is 0.277. The molecule has 0 spiro atoms. The lowest BCUT2D eigenvalue weighted by Crippen LogP contribution is -2.46. The quantitative estimate of drug-likeness (QED) is 0.829. The van der Waals surface area contributed by atoms with Crippen molar-refractivity contribution in [3.8, 4) is 11.5 Å². The molecule has 1 aromatic rings. The number of benzene rings is 1. The number of nitrogens with zero attached hydrogens (tertiary/aromatic N) is 2. The summed E-state index contributed by atoms with van der Waals surface area (Å²) in [5.41, 5.74) is 1.07. The number of fused-ring (bicyclic) bond motifs is 1. The zero-order valence-corrected chi connectivity index (χ0v) is 13.9. The van der Waals surface area contributed by atoms with Gasteiger partial charge in [-0.1, -0.05) is 11.6 Å². The molecule has 122 valence electrons. The summed E-state index contributed by atoms with van der Waals surface area (Å²) in [6, 6.07) is 4.33. The summed E-state index contributed by atoms with van der Waals surface area (Å²) in [6.45, 7) is 8.03. The van der Waals surface area contributed by atoms with E-state index in [0.29, 0.717) is 6.04 Å². The highest BCUT2D eigenvalue weighted by atomic mass is 35.5. The maximum atomic E-state index is 6.35. The van der Waals surface area contributed by atoms with E-state index in [-0.39, 0.29) is 6.79 Å². The van der Waals surface area contributed by atoms with Crippen LogP contribution in [0.1, 0.15) is 12.5 Å². The standard InChI is InChI=1S/C16H23ClN2O3/c1-12(19-3-5-20-6-4-19)9-18(2)10-13-7-15-16(8-14(13)17)22-11-21-15/h7-8,12H,3-6,9-11H2,1-2H3. The van der Waals surface area contributed by atoms with Crippen LogP contribution in [-0.2, 0) is 11.3 Å². The maximum Gasteiger partial charge on any atom is 0.231 e. The Hall–Kier alpha value is -1.01. The average molecular weight is 327 g/mol. The zero-order chi connectivity index (χ0) is 15.5. The average Bonchev–Trinajstić information content (AvgIpc) is 2.95. The Kier molecular flexibility index (Phi) is 5.08. The second-order valence-electron chi connectivity index (χ2n) is 5.99. The van der Waals surface area contributed by atoms with Crippen molar-refractivity contribution in [1.82, 2.24) is 9.80 Å². The van der Waals surface area contributed by atoms with E-state index >= 15 is 0 Å². The Morgan fingerprint density at radius 3 is 2.64 bits per heavy atom. The molecule has 5 nitrogen and oxygen atoms in total. The molecule has 3 rings (SSSR count). The Morgan fingerprint density at radius 2 is 1.91 bits per heavy atom. The Labute approximate surface area is 136 Å². The number of hydrogen-bond acceptors (Lipinski definition) is 5. The van der Waals surface area contributed by atoms with E-state index in [0.717, 1.165) is 61.5 Å². The predicted octanol–water partition coefficient (Wildman–Crippen LogP) is 2.22. The van der Waals surface area contributed by atoms with Gasteiger partial charge in [0.2, 0.25) is 6.79 Å². The van der Waals surface area contributed by atoms with Crippen LogP contribution in [0.4, 0.5) is 0 Å². The third kappa shape index (κ3) is 3.66. The molecule has 2 aliphatic heterocycles. The smallest absolute Gasteiger partial charge is 0.231 e. The SMILES string of the molecule is CC(CN(C)Cc1cc2c(cc1Cl)OCO2)N1CCOCC1. The van der Waals surface area contributed by atoms with Crippen LogP contribution in [0.5, 0.6) is 11.5 Å². The van der Waals surface area contributed by atoms with Crippen molar-refractivity contribution in [2.24, 2.45) is 0 Å². The fraction of sp³-hybridized carbons (Fsp3) is 0.625. The molecule has 0 saturated carbocycles. The molecule has 2 aliphatic rings. The molecule has 1 aromatic carbocycles. The Balaban J connectivity index is 1.58. The summed E-state index contributed by atoms with van der Waals surface area (Å²) in [5, 5.41) is 0.732. The lowest BCUT2D eigenvalue weighted by atomic mass is 10.1. The highest BCUT2D eigenvalue weighted by Crippen LogP contribution is 2.37. The summed E-state index contributed by atoms with van der Waals surface area (Å²) in [4.78, 5) is 4.77. The van der Waals surface area contributed by atoms with Crippen molar-refractivity contribution in [2.75, 3.05) is 46.7 Å². The topological polar surface area (TPSA) is 34.2 Å². The highest BCUT2D eigenvalue weighted by Gasteiger charge is 2.20. The summed E-state index contributed by atoms with van der Waals surface area (Å²) in [6.07, 6.45) is 0. The third-order valence-corrected chi connectivity index (χ3v) is 4.58. The first kappa shape index (κ1) is 15.9. The lowest BCUT2D eigenvalue weighted by Gasteiger charge is -2.34. The largest absolute Gasteiger partial charge is 0.454 e. The second kappa shape index (κ2) is 7.04. The molecular weight excluding hydrogens is 304 g/mol. The first-order valence-electron chi connectivity index (χ1n) is 7.72. The minimum absolute atomic E-state index is 0.277. The molecule has 0 radical (unpaired) electrons. The monoisotopic (exact) mass is 326 g/mol. The molecule has 2 heterocycles. The van der Waals surface area contributed by atoms with Crippen molar-refractivity contribution in [2.45, 2.75) is 19.5 Å². The minimum Gasteiger partial charge on any atom is -0.454 e. The van der Waals surface area contributed by atoms with Crippen molar-refractivity contribution < 1.29 is 14.2 Å². The van der Waals surface area contributed by atoms with Gasteiger partial charge in [-0.3, -0.25) is 4.90 Å². The fourth-order valence-corrected chi connectivity index (χ4v) is 3.23. The number of likely N-dealkylation sites (N-methyl/N-ethyl adjacent to an activating group) is 1. The van der Waals surface area contributed by atoms with Gasteiger partial charge >= 0.3 is 0 Å². The highest BCUT2D eigenvalue weighted by molar-refractivity contribution is 6.31. The van der Waals surface area contributed by atoms with Gasteiger partial charge in [-0.15, -0.1) is 0 Å². The van der Waals surface area contributed by atoms with E-state index in [2.05, 4.69) is 23.8 Å². The van der Waals surface area contributed by atoms with E-state index in [1.165, 1.54) is 0 Å². The van der Waals surface area contributed by atoms with Crippen molar-refractivity contribution in [3.63, 3.8) is 0 Å². The van der Waals surface area contributed by atoms with Crippen LogP contribution in [0.3, 0.4) is 0 Å². The van der Waals surface area contributed by atoms with Crippen LogP contribution in [0.25, 0.3) is 0 Å². The summed E-state index contributed by atoms with van der Waals surface area (Å²) in [7, 11) is 2.12. The van der Waals surface area contributed by atoms with E-state index in [1.807, 2.05) is 12.1 Å². The molecule has 1 saturated heterocycles. The van der Waals surface area contributed by atoms with Crippen LogP contribution in [-0.4, -0.2) is 62.5 Å². The molecule has 22 heavy (non-hydrogen) atoms. The number of rotatable bonds is 5. The van der Waals surface area contributed by atoms with Crippen LogP contribution < -0.4 is 9.47 Å².